The fourth-order valence-corrected chi connectivity index (χ4v) is 4.17. The average Bonchev–Trinajstić information content (AvgIpc) is 3.20. The molecule has 1 fully saturated rings. The number of nitrogens with one attached hydrogen (secondary N) is 1. The molecule has 132 valence electrons. The predicted octanol–water partition coefficient (Wildman–Crippen LogP) is 4.25. The van der Waals surface area contributed by atoms with Crippen molar-refractivity contribution in [2.45, 2.75) is 13.3 Å². The number of aromatic nitrogens is 1. The van der Waals surface area contributed by atoms with Gasteiger partial charge in [-0.1, -0.05) is 35.1 Å². The number of rotatable bonds is 3. The molecule has 0 spiro atoms. The molecule has 1 aromatic heterocycles. The van der Waals surface area contributed by atoms with E-state index in [1.54, 1.807) is 29.2 Å². The SMILES string of the molecule is Cc1cccc2sc(NC(=O)C3CC(=O)N(c4ccc(Cl)cc4)C3)nc12. The van der Waals surface area contributed by atoms with Crippen LogP contribution in [0.5, 0.6) is 0 Å². The number of para-hydroxylation sites is 1. The number of aryl methyl sites for hydroxylation is 1. The minimum atomic E-state index is -0.397. The molecular formula is C19H16ClN3O2S. The summed E-state index contributed by atoms with van der Waals surface area (Å²) in [5, 5.41) is 4.05. The van der Waals surface area contributed by atoms with E-state index < -0.39 is 5.92 Å². The van der Waals surface area contributed by atoms with E-state index in [2.05, 4.69) is 10.3 Å². The Morgan fingerprint density at radius 2 is 2.04 bits per heavy atom. The van der Waals surface area contributed by atoms with Crippen molar-refractivity contribution < 1.29 is 9.59 Å². The molecular weight excluding hydrogens is 370 g/mol. The first-order valence-corrected chi connectivity index (χ1v) is 9.43. The van der Waals surface area contributed by atoms with Crippen LogP contribution in [0.15, 0.2) is 42.5 Å². The van der Waals surface area contributed by atoms with Crippen LogP contribution in [-0.4, -0.2) is 23.3 Å². The van der Waals surface area contributed by atoms with E-state index in [0.717, 1.165) is 21.5 Å². The lowest BCUT2D eigenvalue weighted by Crippen LogP contribution is -2.28. The van der Waals surface area contributed by atoms with Crippen LogP contribution in [0, 0.1) is 12.8 Å². The molecule has 0 radical (unpaired) electrons. The third-order valence-corrected chi connectivity index (χ3v) is 5.67. The summed E-state index contributed by atoms with van der Waals surface area (Å²) in [6.45, 7) is 2.35. The lowest BCUT2D eigenvalue weighted by Gasteiger charge is -2.16. The van der Waals surface area contributed by atoms with Gasteiger partial charge in [-0.3, -0.25) is 9.59 Å². The highest BCUT2D eigenvalue weighted by Gasteiger charge is 2.35. The van der Waals surface area contributed by atoms with E-state index in [-0.39, 0.29) is 18.2 Å². The van der Waals surface area contributed by atoms with Crippen molar-refractivity contribution in [1.82, 2.24) is 4.98 Å². The van der Waals surface area contributed by atoms with Crippen molar-refractivity contribution in [3.05, 3.63) is 53.1 Å². The van der Waals surface area contributed by atoms with E-state index in [9.17, 15) is 9.59 Å². The molecule has 3 aromatic rings. The molecule has 1 unspecified atom stereocenters. The number of benzene rings is 2. The minimum absolute atomic E-state index is 0.0624. The molecule has 2 amide bonds. The highest BCUT2D eigenvalue weighted by molar-refractivity contribution is 7.22. The summed E-state index contributed by atoms with van der Waals surface area (Å²) in [6, 6.07) is 13.0. The largest absolute Gasteiger partial charge is 0.312 e. The molecule has 0 bridgehead atoms. The lowest BCUT2D eigenvalue weighted by atomic mass is 10.1. The fraction of sp³-hybridized carbons (Fsp3) is 0.211. The molecule has 0 saturated carbocycles. The molecule has 1 saturated heterocycles. The van der Waals surface area contributed by atoms with Crippen LogP contribution in [-0.2, 0) is 9.59 Å². The molecule has 26 heavy (non-hydrogen) atoms. The standard InChI is InChI=1S/C19H16ClN3O2S/c1-11-3-2-4-15-17(11)21-19(26-15)22-18(25)12-9-16(24)23(10-12)14-7-5-13(20)6-8-14/h2-8,12H,9-10H2,1H3,(H,21,22,25). The van der Waals surface area contributed by atoms with Crippen molar-refractivity contribution in [1.29, 1.82) is 0 Å². The monoisotopic (exact) mass is 385 g/mol. The van der Waals surface area contributed by atoms with Gasteiger partial charge in [0.1, 0.15) is 0 Å². The Morgan fingerprint density at radius 3 is 2.77 bits per heavy atom. The Kier molecular flexibility index (Phi) is 4.38. The van der Waals surface area contributed by atoms with Crippen molar-refractivity contribution in [2.24, 2.45) is 5.92 Å². The van der Waals surface area contributed by atoms with Gasteiger partial charge in [-0.05, 0) is 42.8 Å². The Bertz CT molecular complexity index is 1000. The molecule has 1 aliphatic heterocycles. The van der Waals surface area contributed by atoms with Gasteiger partial charge in [-0.15, -0.1) is 0 Å². The summed E-state index contributed by atoms with van der Waals surface area (Å²) in [5.41, 5.74) is 2.73. The average molecular weight is 386 g/mol. The Balaban J connectivity index is 1.49. The normalized spacial score (nSPS) is 17.1. The molecule has 1 N–H and O–H groups in total. The smallest absolute Gasteiger partial charge is 0.231 e. The van der Waals surface area contributed by atoms with E-state index in [1.807, 2.05) is 25.1 Å². The minimum Gasteiger partial charge on any atom is -0.312 e. The summed E-state index contributed by atoms with van der Waals surface area (Å²) < 4.78 is 1.03. The van der Waals surface area contributed by atoms with Gasteiger partial charge in [0.25, 0.3) is 0 Å². The highest BCUT2D eigenvalue weighted by atomic mass is 35.5. The molecule has 0 aliphatic carbocycles. The molecule has 1 atom stereocenters. The van der Waals surface area contributed by atoms with E-state index in [1.165, 1.54) is 11.3 Å². The van der Waals surface area contributed by atoms with E-state index in [4.69, 9.17) is 11.6 Å². The number of carbonyl (C=O) groups excluding carboxylic acids is 2. The zero-order valence-electron chi connectivity index (χ0n) is 14.0. The van der Waals surface area contributed by atoms with Crippen LogP contribution in [0.4, 0.5) is 10.8 Å². The van der Waals surface area contributed by atoms with Crippen LogP contribution in [0.25, 0.3) is 10.2 Å². The molecule has 2 aromatic carbocycles. The van der Waals surface area contributed by atoms with Crippen LogP contribution in [0.1, 0.15) is 12.0 Å². The van der Waals surface area contributed by atoms with Gasteiger partial charge in [0.2, 0.25) is 11.8 Å². The molecule has 4 rings (SSSR count). The summed E-state index contributed by atoms with van der Waals surface area (Å²) >= 11 is 7.34. The predicted molar refractivity (Wildman–Crippen MR) is 105 cm³/mol. The topological polar surface area (TPSA) is 62.3 Å². The number of hydrogen-bond donors (Lipinski definition) is 1. The number of thiazole rings is 1. The van der Waals surface area contributed by atoms with Gasteiger partial charge >= 0.3 is 0 Å². The maximum absolute atomic E-state index is 12.6. The van der Waals surface area contributed by atoms with Gasteiger partial charge in [-0.2, -0.15) is 0 Å². The zero-order valence-corrected chi connectivity index (χ0v) is 15.6. The van der Waals surface area contributed by atoms with Crippen LogP contribution < -0.4 is 10.2 Å². The number of halogens is 1. The Hall–Kier alpha value is -2.44. The maximum atomic E-state index is 12.6. The van der Waals surface area contributed by atoms with Crippen molar-refractivity contribution in [2.75, 3.05) is 16.8 Å². The van der Waals surface area contributed by atoms with Gasteiger partial charge < -0.3 is 10.2 Å². The van der Waals surface area contributed by atoms with Crippen LogP contribution in [0.3, 0.4) is 0 Å². The van der Waals surface area contributed by atoms with E-state index >= 15 is 0 Å². The summed E-state index contributed by atoms with van der Waals surface area (Å²) in [5.74, 6) is -0.634. The van der Waals surface area contributed by atoms with Gasteiger partial charge in [0, 0.05) is 23.7 Å². The fourth-order valence-electron chi connectivity index (χ4n) is 3.10. The molecule has 2 heterocycles. The summed E-state index contributed by atoms with van der Waals surface area (Å²) in [6.07, 6.45) is 0.193. The second-order valence-electron chi connectivity index (χ2n) is 6.31. The second-order valence-corrected chi connectivity index (χ2v) is 7.78. The number of carbonyl (C=O) groups is 2. The third-order valence-electron chi connectivity index (χ3n) is 4.48. The number of fused-ring (bicyclic) bond motifs is 1. The van der Waals surface area contributed by atoms with Gasteiger partial charge in [0.15, 0.2) is 5.13 Å². The van der Waals surface area contributed by atoms with E-state index in [0.29, 0.717) is 16.7 Å². The van der Waals surface area contributed by atoms with Crippen LogP contribution >= 0.6 is 22.9 Å². The quantitative estimate of drug-likeness (QED) is 0.733. The summed E-state index contributed by atoms with van der Waals surface area (Å²) in [7, 11) is 0. The Morgan fingerprint density at radius 1 is 1.27 bits per heavy atom. The van der Waals surface area contributed by atoms with Crippen molar-refractivity contribution in [3.8, 4) is 0 Å². The maximum Gasteiger partial charge on any atom is 0.231 e. The first-order chi connectivity index (χ1) is 12.5. The number of amides is 2. The number of anilines is 2. The number of hydrogen-bond acceptors (Lipinski definition) is 4. The lowest BCUT2D eigenvalue weighted by molar-refractivity contribution is -0.122. The Labute approximate surface area is 159 Å². The highest BCUT2D eigenvalue weighted by Crippen LogP contribution is 2.30. The first-order valence-electron chi connectivity index (χ1n) is 8.24. The van der Waals surface area contributed by atoms with Gasteiger partial charge in [-0.25, -0.2) is 4.98 Å². The van der Waals surface area contributed by atoms with Crippen molar-refractivity contribution in [3.63, 3.8) is 0 Å². The number of nitrogens with zero attached hydrogens (tertiary/aromatic N) is 2. The zero-order chi connectivity index (χ0) is 18.3. The van der Waals surface area contributed by atoms with Gasteiger partial charge in [0.05, 0.1) is 16.1 Å². The third kappa shape index (κ3) is 3.18. The summed E-state index contributed by atoms with van der Waals surface area (Å²) in [4.78, 5) is 31.1. The molecule has 1 aliphatic rings. The molecule has 7 heteroatoms. The van der Waals surface area contributed by atoms with Crippen LogP contribution in [0.2, 0.25) is 5.02 Å². The molecule has 5 nitrogen and oxygen atoms in total. The van der Waals surface area contributed by atoms with Crippen molar-refractivity contribution >= 4 is 55.8 Å². The first kappa shape index (κ1) is 17.0. The second kappa shape index (κ2) is 6.70.